The molecule has 3 rings (SSSR count). The molecule has 0 unspecified atom stereocenters. The van der Waals surface area contributed by atoms with Gasteiger partial charge in [-0.2, -0.15) is 0 Å². The molecule has 5 nitrogen and oxygen atoms in total. The second-order valence-corrected chi connectivity index (χ2v) is 6.84. The van der Waals surface area contributed by atoms with Crippen molar-refractivity contribution < 1.29 is 9.59 Å². The number of H-pyrrole nitrogens is 1. The topological polar surface area (TPSA) is 74.0 Å². The predicted molar refractivity (Wildman–Crippen MR) is 103 cm³/mol. The zero-order valence-corrected chi connectivity index (χ0v) is 15.7. The monoisotopic (exact) mass is 419 g/mol. The Bertz CT molecular complexity index is 968. The summed E-state index contributed by atoms with van der Waals surface area (Å²) in [6, 6.07) is 12.9. The Labute approximate surface area is 157 Å². The largest absolute Gasteiger partial charge is 0.349 e. The quantitative estimate of drug-likeness (QED) is 0.590. The van der Waals surface area contributed by atoms with Crippen molar-refractivity contribution in [2.45, 2.75) is 6.92 Å². The van der Waals surface area contributed by atoms with Gasteiger partial charge in [-0.3, -0.25) is 9.59 Å². The van der Waals surface area contributed by atoms with Crippen molar-refractivity contribution in [3.63, 3.8) is 0 Å². The number of hydrogen-bond donors (Lipinski definition) is 3. The number of fused-ring (bicyclic) bond motifs is 1. The Morgan fingerprint density at radius 1 is 1.20 bits per heavy atom. The Balaban J connectivity index is 1.65. The average Bonchev–Trinajstić information content (AvgIpc) is 2.93. The summed E-state index contributed by atoms with van der Waals surface area (Å²) < 4.78 is 0.935. The van der Waals surface area contributed by atoms with E-state index < -0.39 is 5.91 Å². The summed E-state index contributed by atoms with van der Waals surface area (Å²) >= 11 is 9.61. The van der Waals surface area contributed by atoms with E-state index >= 15 is 0 Å². The molecule has 0 saturated carbocycles. The molecular formula is C18H15BrClN3O2. The third-order valence-electron chi connectivity index (χ3n) is 3.74. The zero-order chi connectivity index (χ0) is 18.0. The number of anilines is 1. The molecule has 2 amide bonds. The number of carbonyl (C=O) groups excluding carboxylic acids is 2. The first-order valence-corrected chi connectivity index (χ1v) is 8.73. The molecular weight excluding hydrogens is 406 g/mol. The Hall–Kier alpha value is -2.31. The van der Waals surface area contributed by atoms with E-state index in [0.29, 0.717) is 10.7 Å². The van der Waals surface area contributed by atoms with Gasteiger partial charge in [-0.05, 0) is 36.8 Å². The van der Waals surface area contributed by atoms with Gasteiger partial charge in [0, 0.05) is 21.1 Å². The minimum Gasteiger partial charge on any atom is -0.349 e. The summed E-state index contributed by atoms with van der Waals surface area (Å²) in [4.78, 5) is 27.3. The Morgan fingerprint density at radius 2 is 1.96 bits per heavy atom. The van der Waals surface area contributed by atoms with E-state index in [1.807, 2.05) is 43.3 Å². The maximum Gasteiger partial charge on any atom is 0.269 e. The molecule has 3 N–H and O–H groups in total. The van der Waals surface area contributed by atoms with Gasteiger partial charge in [-0.25, -0.2) is 0 Å². The SMILES string of the molecule is Cc1cc(Br)ccc1NC(=O)CNC(=O)c1[nH]c2ccccc2c1Cl. The van der Waals surface area contributed by atoms with Crippen LogP contribution in [0.15, 0.2) is 46.9 Å². The number of rotatable bonds is 4. The summed E-state index contributed by atoms with van der Waals surface area (Å²) in [5, 5.41) is 6.46. The molecule has 0 aliphatic carbocycles. The third-order valence-corrected chi connectivity index (χ3v) is 4.63. The molecule has 128 valence electrons. The van der Waals surface area contributed by atoms with Gasteiger partial charge in [0.1, 0.15) is 5.69 Å². The number of aromatic amines is 1. The summed E-state index contributed by atoms with van der Waals surface area (Å²) in [7, 11) is 0. The second-order valence-electron chi connectivity index (χ2n) is 5.55. The standard InChI is InChI=1S/C18H15BrClN3O2/c1-10-8-11(19)6-7-13(10)22-15(24)9-21-18(25)17-16(20)12-4-2-3-5-14(12)23-17/h2-8,23H,9H2,1H3,(H,21,25)(H,22,24). The van der Waals surface area contributed by atoms with E-state index in [1.54, 1.807) is 6.07 Å². The number of carbonyl (C=O) groups is 2. The summed E-state index contributed by atoms with van der Waals surface area (Å²) in [6.45, 7) is 1.74. The number of aromatic nitrogens is 1. The van der Waals surface area contributed by atoms with Gasteiger partial charge in [-0.15, -0.1) is 0 Å². The number of benzene rings is 2. The molecule has 0 aliphatic heterocycles. The van der Waals surface area contributed by atoms with E-state index in [1.165, 1.54) is 0 Å². The van der Waals surface area contributed by atoms with Crippen LogP contribution in [0.25, 0.3) is 10.9 Å². The summed E-state index contributed by atoms with van der Waals surface area (Å²) in [5.41, 5.74) is 2.64. The van der Waals surface area contributed by atoms with Crippen LogP contribution in [0.2, 0.25) is 5.02 Å². The molecule has 3 aromatic rings. The zero-order valence-electron chi connectivity index (χ0n) is 13.3. The molecule has 1 heterocycles. The predicted octanol–water partition coefficient (Wildman–Crippen LogP) is 4.26. The number of nitrogens with one attached hydrogen (secondary N) is 3. The fraction of sp³-hybridized carbons (Fsp3) is 0.111. The molecule has 2 aromatic carbocycles. The molecule has 0 fully saturated rings. The summed E-state index contributed by atoms with van der Waals surface area (Å²) in [5.74, 6) is -0.741. The highest BCUT2D eigenvalue weighted by molar-refractivity contribution is 9.10. The van der Waals surface area contributed by atoms with Crippen LogP contribution in [-0.4, -0.2) is 23.3 Å². The number of hydrogen-bond acceptors (Lipinski definition) is 2. The van der Waals surface area contributed by atoms with Crippen molar-refractivity contribution in [2.24, 2.45) is 0 Å². The van der Waals surface area contributed by atoms with Gasteiger partial charge >= 0.3 is 0 Å². The van der Waals surface area contributed by atoms with Crippen molar-refractivity contribution in [2.75, 3.05) is 11.9 Å². The smallest absolute Gasteiger partial charge is 0.269 e. The van der Waals surface area contributed by atoms with Crippen LogP contribution in [0.5, 0.6) is 0 Å². The average molecular weight is 421 g/mol. The highest BCUT2D eigenvalue weighted by Gasteiger charge is 2.17. The Morgan fingerprint density at radius 3 is 2.68 bits per heavy atom. The molecule has 1 aromatic heterocycles. The van der Waals surface area contributed by atoms with Crippen molar-refractivity contribution in [3.8, 4) is 0 Å². The molecule has 0 saturated heterocycles. The maximum absolute atomic E-state index is 12.3. The van der Waals surface area contributed by atoms with Gasteiger partial charge in [0.2, 0.25) is 5.91 Å². The van der Waals surface area contributed by atoms with Crippen LogP contribution in [0.4, 0.5) is 5.69 Å². The first kappa shape index (κ1) is 17.5. The highest BCUT2D eigenvalue weighted by atomic mass is 79.9. The number of halogens is 2. The van der Waals surface area contributed by atoms with Crippen molar-refractivity contribution >= 4 is 55.9 Å². The molecule has 0 aliphatic rings. The van der Waals surface area contributed by atoms with Gasteiger partial charge in [0.05, 0.1) is 11.6 Å². The van der Waals surface area contributed by atoms with Crippen LogP contribution in [-0.2, 0) is 4.79 Å². The van der Waals surface area contributed by atoms with Gasteiger partial charge in [0.15, 0.2) is 0 Å². The lowest BCUT2D eigenvalue weighted by molar-refractivity contribution is -0.115. The van der Waals surface area contributed by atoms with Crippen LogP contribution in [0.3, 0.4) is 0 Å². The molecule has 0 bridgehead atoms. The van der Waals surface area contributed by atoms with Crippen LogP contribution in [0, 0.1) is 6.92 Å². The van der Waals surface area contributed by atoms with E-state index in [9.17, 15) is 9.59 Å². The molecule has 0 atom stereocenters. The minimum atomic E-state index is -0.427. The lowest BCUT2D eigenvalue weighted by Gasteiger charge is -2.09. The lowest BCUT2D eigenvalue weighted by Crippen LogP contribution is -2.33. The maximum atomic E-state index is 12.3. The third kappa shape index (κ3) is 3.86. The molecule has 25 heavy (non-hydrogen) atoms. The van der Waals surface area contributed by atoms with Crippen molar-refractivity contribution in [3.05, 3.63) is 63.2 Å². The van der Waals surface area contributed by atoms with Crippen LogP contribution >= 0.6 is 27.5 Å². The van der Waals surface area contributed by atoms with E-state index in [0.717, 1.165) is 20.9 Å². The second kappa shape index (κ2) is 7.29. The van der Waals surface area contributed by atoms with Gasteiger partial charge < -0.3 is 15.6 Å². The first-order chi connectivity index (χ1) is 12.0. The van der Waals surface area contributed by atoms with E-state index in [-0.39, 0.29) is 18.1 Å². The van der Waals surface area contributed by atoms with Crippen molar-refractivity contribution in [1.82, 2.24) is 10.3 Å². The van der Waals surface area contributed by atoms with E-state index in [4.69, 9.17) is 11.6 Å². The van der Waals surface area contributed by atoms with Crippen LogP contribution < -0.4 is 10.6 Å². The Kier molecular flexibility index (Phi) is 5.11. The van der Waals surface area contributed by atoms with Gasteiger partial charge in [-0.1, -0.05) is 45.7 Å². The number of aryl methyl sites for hydroxylation is 1. The first-order valence-electron chi connectivity index (χ1n) is 7.56. The molecule has 0 spiro atoms. The molecule has 0 radical (unpaired) electrons. The number of para-hydroxylation sites is 1. The fourth-order valence-corrected chi connectivity index (χ4v) is 3.25. The lowest BCUT2D eigenvalue weighted by atomic mass is 10.2. The minimum absolute atomic E-state index is 0.153. The van der Waals surface area contributed by atoms with Crippen LogP contribution in [0.1, 0.15) is 16.1 Å². The summed E-state index contributed by atoms with van der Waals surface area (Å²) in [6.07, 6.45) is 0. The normalized spacial score (nSPS) is 10.7. The molecule has 7 heteroatoms. The number of amides is 2. The highest BCUT2D eigenvalue weighted by Crippen LogP contribution is 2.27. The van der Waals surface area contributed by atoms with Gasteiger partial charge in [0.25, 0.3) is 5.91 Å². The van der Waals surface area contributed by atoms with E-state index in [2.05, 4.69) is 31.5 Å². The fourth-order valence-electron chi connectivity index (χ4n) is 2.47. The van der Waals surface area contributed by atoms with Crippen molar-refractivity contribution in [1.29, 1.82) is 0 Å².